The molecule has 19 heavy (non-hydrogen) atoms. The molecule has 1 unspecified atom stereocenters. The quantitative estimate of drug-likeness (QED) is 0.820. The summed E-state index contributed by atoms with van der Waals surface area (Å²) in [5.41, 5.74) is 7.39. The molecule has 0 aliphatic carbocycles. The average molecular weight is 262 g/mol. The van der Waals surface area contributed by atoms with Gasteiger partial charge in [0.1, 0.15) is 0 Å². The Morgan fingerprint density at radius 1 is 1.26 bits per heavy atom. The molecule has 0 aromatic heterocycles. The van der Waals surface area contributed by atoms with Gasteiger partial charge in [-0.15, -0.1) is 0 Å². The van der Waals surface area contributed by atoms with Crippen LogP contribution < -0.4 is 5.73 Å². The number of carbonyl (C=O) groups is 1. The zero-order chi connectivity index (χ0) is 14.3. The molecule has 0 heterocycles. The molecule has 0 saturated carbocycles. The van der Waals surface area contributed by atoms with E-state index in [-0.39, 0.29) is 11.9 Å². The Hall–Kier alpha value is -1.35. The molecule has 1 rings (SSSR count). The van der Waals surface area contributed by atoms with E-state index in [2.05, 4.69) is 20.8 Å². The van der Waals surface area contributed by atoms with E-state index in [9.17, 15) is 4.79 Å². The van der Waals surface area contributed by atoms with E-state index in [0.717, 1.165) is 36.9 Å². The maximum atomic E-state index is 12.5. The van der Waals surface area contributed by atoms with Crippen LogP contribution in [0.4, 0.5) is 0 Å². The Labute approximate surface area is 116 Å². The number of nitrogens with two attached hydrogens (primary N) is 1. The molecule has 0 radical (unpaired) electrons. The summed E-state index contributed by atoms with van der Waals surface area (Å²) in [6, 6.07) is 7.91. The molecule has 3 nitrogen and oxygen atoms in total. The third-order valence-electron chi connectivity index (χ3n) is 3.57. The standard InChI is InChI=1S/C16H26N2O/c1-4-6-11-18(13(3)5-2)16(19)15-9-7-14(12-17)8-10-15/h7-10,13H,4-6,11-12,17H2,1-3H3. The Morgan fingerprint density at radius 3 is 2.37 bits per heavy atom. The van der Waals surface area contributed by atoms with Gasteiger partial charge in [-0.1, -0.05) is 32.4 Å². The smallest absolute Gasteiger partial charge is 0.254 e. The molecule has 1 aromatic carbocycles. The largest absolute Gasteiger partial charge is 0.336 e. The molecular formula is C16H26N2O. The van der Waals surface area contributed by atoms with Crippen LogP contribution in [-0.2, 0) is 6.54 Å². The lowest BCUT2D eigenvalue weighted by Crippen LogP contribution is -2.39. The summed E-state index contributed by atoms with van der Waals surface area (Å²) in [7, 11) is 0. The Bertz CT molecular complexity index is 386. The van der Waals surface area contributed by atoms with Crippen molar-refractivity contribution in [2.45, 2.75) is 52.6 Å². The van der Waals surface area contributed by atoms with Crippen LogP contribution in [0.25, 0.3) is 0 Å². The number of hydrogen-bond acceptors (Lipinski definition) is 2. The topological polar surface area (TPSA) is 46.3 Å². The summed E-state index contributed by atoms with van der Waals surface area (Å²) in [6.45, 7) is 7.73. The highest BCUT2D eigenvalue weighted by Crippen LogP contribution is 2.13. The fourth-order valence-corrected chi connectivity index (χ4v) is 2.02. The van der Waals surface area contributed by atoms with E-state index in [1.165, 1.54) is 0 Å². The number of amides is 1. The second kappa shape index (κ2) is 7.95. The number of rotatable bonds is 7. The van der Waals surface area contributed by atoms with E-state index in [1.54, 1.807) is 0 Å². The molecule has 0 spiro atoms. The van der Waals surface area contributed by atoms with Gasteiger partial charge in [0.2, 0.25) is 0 Å². The second-order valence-corrected chi connectivity index (χ2v) is 5.01. The minimum Gasteiger partial charge on any atom is -0.336 e. The highest BCUT2D eigenvalue weighted by Gasteiger charge is 2.19. The number of unbranched alkanes of at least 4 members (excludes halogenated alkanes) is 1. The fourth-order valence-electron chi connectivity index (χ4n) is 2.02. The molecule has 0 saturated heterocycles. The normalized spacial score (nSPS) is 12.2. The zero-order valence-electron chi connectivity index (χ0n) is 12.4. The van der Waals surface area contributed by atoms with E-state index in [4.69, 9.17) is 5.73 Å². The van der Waals surface area contributed by atoms with Gasteiger partial charge >= 0.3 is 0 Å². The average Bonchev–Trinajstić information content (AvgIpc) is 2.47. The molecule has 2 N–H and O–H groups in total. The summed E-state index contributed by atoms with van der Waals surface area (Å²) >= 11 is 0. The highest BCUT2D eigenvalue weighted by atomic mass is 16.2. The van der Waals surface area contributed by atoms with Gasteiger partial charge in [0.15, 0.2) is 0 Å². The maximum absolute atomic E-state index is 12.5. The van der Waals surface area contributed by atoms with Gasteiger partial charge < -0.3 is 10.6 Å². The van der Waals surface area contributed by atoms with Crippen LogP contribution in [0, 0.1) is 0 Å². The van der Waals surface area contributed by atoms with Crippen molar-refractivity contribution < 1.29 is 4.79 Å². The summed E-state index contributed by atoms with van der Waals surface area (Å²) in [6.07, 6.45) is 3.14. The minimum atomic E-state index is 0.131. The van der Waals surface area contributed by atoms with E-state index in [0.29, 0.717) is 6.54 Å². The van der Waals surface area contributed by atoms with Gasteiger partial charge in [0.05, 0.1) is 0 Å². The number of hydrogen-bond donors (Lipinski definition) is 1. The van der Waals surface area contributed by atoms with Crippen molar-refractivity contribution >= 4 is 5.91 Å². The van der Waals surface area contributed by atoms with E-state index < -0.39 is 0 Å². The molecule has 0 bridgehead atoms. The molecule has 1 aromatic rings. The van der Waals surface area contributed by atoms with Crippen molar-refractivity contribution in [3.63, 3.8) is 0 Å². The molecule has 0 aliphatic heterocycles. The first-order valence-corrected chi connectivity index (χ1v) is 7.24. The first-order chi connectivity index (χ1) is 9.13. The van der Waals surface area contributed by atoms with Gasteiger partial charge in [-0.25, -0.2) is 0 Å². The van der Waals surface area contributed by atoms with Crippen molar-refractivity contribution in [3.8, 4) is 0 Å². The molecule has 106 valence electrons. The zero-order valence-corrected chi connectivity index (χ0v) is 12.4. The van der Waals surface area contributed by atoms with Crippen LogP contribution >= 0.6 is 0 Å². The third kappa shape index (κ3) is 4.35. The molecule has 1 atom stereocenters. The maximum Gasteiger partial charge on any atom is 0.254 e. The lowest BCUT2D eigenvalue weighted by atomic mass is 10.1. The van der Waals surface area contributed by atoms with Gasteiger partial charge in [0, 0.05) is 24.7 Å². The fraction of sp³-hybridized carbons (Fsp3) is 0.562. The SMILES string of the molecule is CCCCN(C(=O)c1ccc(CN)cc1)C(C)CC. The summed E-state index contributed by atoms with van der Waals surface area (Å²) in [5, 5.41) is 0. The molecule has 0 fully saturated rings. The molecule has 0 aliphatic rings. The predicted molar refractivity (Wildman–Crippen MR) is 80.0 cm³/mol. The second-order valence-electron chi connectivity index (χ2n) is 5.01. The number of benzene rings is 1. The lowest BCUT2D eigenvalue weighted by Gasteiger charge is -2.28. The minimum absolute atomic E-state index is 0.131. The van der Waals surface area contributed by atoms with Crippen LogP contribution in [0.2, 0.25) is 0 Å². The third-order valence-corrected chi connectivity index (χ3v) is 3.57. The van der Waals surface area contributed by atoms with Gasteiger partial charge in [-0.05, 0) is 37.5 Å². The Kier molecular flexibility index (Phi) is 6.57. The predicted octanol–water partition coefficient (Wildman–Crippen LogP) is 3.19. The lowest BCUT2D eigenvalue weighted by molar-refractivity contribution is 0.0685. The first kappa shape index (κ1) is 15.7. The first-order valence-electron chi connectivity index (χ1n) is 7.24. The number of carbonyl (C=O) groups excluding carboxylic acids is 1. The van der Waals surface area contributed by atoms with Crippen molar-refractivity contribution in [1.29, 1.82) is 0 Å². The van der Waals surface area contributed by atoms with Crippen molar-refractivity contribution in [2.24, 2.45) is 5.73 Å². The molecule has 1 amide bonds. The van der Waals surface area contributed by atoms with Crippen molar-refractivity contribution in [3.05, 3.63) is 35.4 Å². The van der Waals surface area contributed by atoms with Gasteiger partial charge in [0.25, 0.3) is 5.91 Å². The Balaban J connectivity index is 2.84. The van der Waals surface area contributed by atoms with Crippen molar-refractivity contribution in [1.82, 2.24) is 4.90 Å². The van der Waals surface area contributed by atoms with Crippen LogP contribution in [-0.4, -0.2) is 23.4 Å². The monoisotopic (exact) mass is 262 g/mol. The van der Waals surface area contributed by atoms with Gasteiger partial charge in [-0.3, -0.25) is 4.79 Å². The van der Waals surface area contributed by atoms with Crippen LogP contribution in [0.1, 0.15) is 56.0 Å². The van der Waals surface area contributed by atoms with E-state index >= 15 is 0 Å². The van der Waals surface area contributed by atoms with Gasteiger partial charge in [-0.2, -0.15) is 0 Å². The van der Waals surface area contributed by atoms with Crippen LogP contribution in [0.5, 0.6) is 0 Å². The van der Waals surface area contributed by atoms with Crippen LogP contribution in [0.15, 0.2) is 24.3 Å². The summed E-state index contributed by atoms with van der Waals surface area (Å²) in [5.74, 6) is 0.131. The van der Waals surface area contributed by atoms with Crippen molar-refractivity contribution in [2.75, 3.05) is 6.54 Å². The molecule has 3 heteroatoms. The van der Waals surface area contributed by atoms with E-state index in [1.807, 2.05) is 29.2 Å². The Morgan fingerprint density at radius 2 is 1.89 bits per heavy atom. The molecular weight excluding hydrogens is 236 g/mol. The summed E-state index contributed by atoms with van der Waals surface area (Å²) in [4.78, 5) is 14.5. The number of nitrogens with zero attached hydrogens (tertiary/aromatic N) is 1. The van der Waals surface area contributed by atoms with Crippen LogP contribution in [0.3, 0.4) is 0 Å². The summed E-state index contributed by atoms with van der Waals surface area (Å²) < 4.78 is 0. The highest BCUT2D eigenvalue weighted by molar-refractivity contribution is 5.94.